The SMILES string of the molecule is CCCCCCCCCCCCCCCC(=O)[NH+]([O-])CCCN(C)CCO. The fraction of sp³-hybridized carbons (Fsp3) is 0.955. The van der Waals surface area contributed by atoms with Crippen molar-refractivity contribution in [3.63, 3.8) is 0 Å². The number of amides is 1. The Morgan fingerprint density at radius 3 is 1.78 bits per heavy atom. The second-order valence-corrected chi connectivity index (χ2v) is 7.97. The first-order valence-corrected chi connectivity index (χ1v) is 11.5. The van der Waals surface area contributed by atoms with Crippen LogP contribution in [0.5, 0.6) is 0 Å². The maximum atomic E-state index is 11.8. The zero-order valence-electron chi connectivity index (χ0n) is 18.1. The summed E-state index contributed by atoms with van der Waals surface area (Å²) in [6, 6.07) is 0. The summed E-state index contributed by atoms with van der Waals surface area (Å²) in [5.74, 6) is -0.192. The van der Waals surface area contributed by atoms with E-state index in [2.05, 4.69) is 6.92 Å². The number of carbonyl (C=O) groups is 1. The van der Waals surface area contributed by atoms with Gasteiger partial charge in [-0.25, -0.2) is 4.79 Å². The number of hydrogen-bond acceptors (Lipinski definition) is 4. The lowest BCUT2D eigenvalue weighted by Crippen LogP contribution is -3.10. The van der Waals surface area contributed by atoms with E-state index >= 15 is 0 Å². The molecule has 5 heteroatoms. The molecule has 0 spiro atoms. The van der Waals surface area contributed by atoms with E-state index in [4.69, 9.17) is 5.11 Å². The molecule has 1 unspecified atom stereocenters. The highest BCUT2D eigenvalue weighted by atomic mass is 16.5. The van der Waals surface area contributed by atoms with Gasteiger partial charge in [-0.05, 0) is 13.5 Å². The first kappa shape index (κ1) is 26.5. The molecule has 0 aliphatic heterocycles. The van der Waals surface area contributed by atoms with Crippen molar-refractivity contribution in [1.29, 1.82) is 0 Å². The minimum atomic E-state index is -0.216. The molecule has 5 nitrogen and oxygen atoms in total. The van der Waals surface area contributed by atoms with Gasteiger partial charge in [0.2, 0.25) is 0 Å². The molecule has 0 saturated heterocycles. The van der Waals surface area contributed by atoms with E-state index in [9.17, 15) is 10.0 Å². The van der Waals surface area contributed by atoms with Crippen LogP contribution in [0.2, 0.25) is 0 Å². The van der Waals surface area contributed by atoms with Gasteiger partial charge < -0.3 is 20.3 Å². The second-order valence-electron chi connectivity index (χ2n) is 7.97. The number of hydrogen-bond donors (Lipinski definition) is 2. The largest absolute Gasteiger partial charge is 0.627 e. The van der Waals surface area contributed by atoms with Crippen LogP contribution >= 0.6 is 0 Å². The third kappa shape index (κ3) is 18.6. The van der Waals surface area contributed by atoms with Crippen LogP contribution < -0.4 is 5.06 Å². The van der Waals surface area contributed by atoms with Crippen LogP contribution in [0.25, 0.3) is 0 Å². The number of aliphatic hydroxyl groups excluding tert-OH is 1. The third-order valence-electron chi connectivity index (χ3n) is 5.24. The fourth-order valence-electron chi connectivity index (χ4n) is 3.37. The van der Waals surface area contributed by atoms with Gasteiger partial charge >= 0.3 is 5.91 Å². The summed E-state index contributed by atoms with van der Waals surface area (Å²) in [5.41, 5.74) is 0. The first-order valence-electron chi connectivity index (χ1n) is 11.5. The molecule has 2 N–H and O–H groups in total. The predicted octanol–water partition coefficient (Wildman–Crippen LogP) is 3.69. The number of quaternary nitrogens is 1. The standard InChI is InChI=1S/C22H46N2O3/c1-3-4-5-6-7-8-9-10-11-12-13-14-15-17-22(26)24(27)19-16-18-23(2)20-21-25/h24-25H,3-21H2,1-2H3. The van der Waals surface area contributed by atoms with Gasteiger partial charge in [0.25, 0.3) is 0 Å². The van der Waals surface area contributed by atoms with E-state index in [-0.39, 0.29) is 17.6 Å². The molecule has 27 heavy (non-hydrogen) atoms. The number of nitrogens with zero attached hydrogens (tertiary/aromatic N) is 1. The van der Waals surface area contributed by atoms with E-state index in [1.54, 1.807) is 0 Å². The molecule has 0 heterocycles. The summed E-state index contributed by atoms with van der Waals surface area (Å²) in [6.07, 6.45) is 17.8. The van der Waals surface area contributed by atoms with Crippen LogP contribution in [0.3, 0.4) is 0 Å². The number of likely N-dealkylation sites (N-methyl/N-ethyl adjacent to an activating group) is 1. The fourth-order valence-corrected chi connectivity index (χ4v) is 3.37. The summed E-state index contributed by atoms with van der Waals surface area (Å²) in [6.45, 7) is 4.09. The van der Waals surface area contributed by atoms with Crippen LogP contribution in [-0.4, -0.2) is 49.2 Å². The van der Waals surface area contributed by atoms with Crippen molar-refractivity contribution in [3.8, 4) is 0 Å². The summed E-state index contributed by atoms with van der Waals surface area (Å²) in [4.78, 5) is 13.8. The monoisotopic (exact) mass is 386 g/mol. The summed E-state index contributed by atoms with van der Waals surface area (Å²) < 4.78 is 0. The van der Waals surface area contributed by atoms with Crippen molar-refractivity contribution < 1.29 is 15.0 Å². The maximum absolute atomic E-state index is 11.8. The Kier molecular flexibility index (Phi) is 19.9. The quantitative estimate of drug-likeness (QED) is 0.247. The molecule has 1 atom stereocenters. The molecule has 162 valence electrons. The number of nitrogens with one attached hydrogen (secondary N) is 1. The lowest BCUT2D eigenvalue weighted by atomic mass is 10.0. The molecule has 0 rings (SSSR count). The molecule has 0 saturated carbocycles. The summed E-state index contributed by atoms with van der Waals surface area (Å²) in [5, 5.41) is 20.4. The normalized spacial score (nSPS) is 12.6. The van der Waals surface area contributed by atoms with Crippen molar-refractivity contribution in [2.75, 3.05) is 33.3 Å². The highest BCUT2D eigenvalue weighted by Gasteiger charge is 2.10. The van der Waals surface area contributed by atoms with E-state index in [1.807, 2.05) is 11.9 Å². The van der Waals surface area contributed by atoms with Crippen molar-refractivity contribution in [1.82, 2.24) is 4.90 Å². The predicted molar refractivity (Wildman–Crippen MR) is 114 cm³/mol. The number of rotatable bonds is 20. The van der Waals surface area contributed by atoms with E-state index in [1.165, 1.54) is 70.6 Å². The van der Waals surface area contributed by atoms with E-state index < -0.39 is 0 Å². The van der Waals surface area contributed by atoms with Gasteiger partial charge in [0.1, 0.15) is 0 Å². The van der Waals surface area contributed by atoms with E-state index in [0.29, 0.717) is 25.9 Å². The lowest BCUT2D eigenvalue weighted by molar-refractivity contribution is -0.765. The number of unbranched alkanes of at least 4 members (excludes halogenated alkanes) is 12. The molecule has 1 amide bonds. The Labute approximate surface area is 168 Å². The molecular formula is C22H46N2O3. The number of carbonyl (C=O) groups excluding carboxylic acids is 1. The van der Waals surface area contributed by atoms with Gasteiger partial charge in [0.05, 0.1) is 19.6 Å². The molecule has 0 fully saturated rings. The Morgan fingerprint density at radius 2 is 1.30 bits per heavy atom. The smallest absolute Gasteiger partial charge is 0.312 e. The van der Waals surface area contributed by atoms with Crippen LogP contribution in [0.4, 0.5) is 0 Å². The van der Waals surface area contributed by atoms with Crippen LogP contribution in [0, 0.1) is 5.21 Å². The van der Waals surface area contributed by atoms with Gasteiger partial charge in [0.15, 0.2) is 0 Å². The maximum Gasteiger partial charge on any atom is 0.312 e. The van der Waals surface area contributed by atoms with Crippen molar-refractivity contribution >= 4 is 5.91 Å². The highest BCUT2D eigenvalue weighted by Crippen LogP contribution is 2.12. The van der Waals surface area contributed by atoms with Crippen molar-refractivity contribution in [2.24, 2.45) is 0 Å². The minimum absolute atomic E-state index is 0.127. The van der Waals surface area contributed by atoms with Gasteiger partial charge in [0, 0.05) is 19.5 Å². The molecule has 0 aromatic rings. The second kappa shape index (κ2) is 20.2. The Hall–Kier alpha value is -0.490. The van der Waals surface area contributed by atoms with Crippen LogP contribution in [0.15, 0.2) is 0 Å². The van der Waals surface area contributed by atoms with Gasteiger partial charge in [-0.15, -0.1) is 0 Å². The third-order valence-corrected chi connectivity index (χ3v) is 5.24. The van der Waals surface area contributed by atoms with E-state index in [0.717, 1.165) is 19.4 Å². The molecule has 0 aromatic heterocycles. The number of aliphatic hydroxyl groups is 1. The molecule has 0 aliphatic carbocycles. The Bertz CT molecular complexity index is 327. The highest BCUT2D eigenvalue weighted by molar-refractivity contribution is 5.66. The van der Waals surface area contributed by atoms with Crippen LogP contribution in [-0.2, 0) is 4.79 Å². The van der Waals surface area contributed by atoms with Gasteiger partial charge in [-0.3, -0.25) is 0 Å². The molecule has 0 radical (unpaired) electrons. The zero-order valence-corrected chi connectivity index (χ0v) is 18.1. The zero-order chi connectivity index (χ0) is 20.2. The topological polar surface area (TPSA) is 68.0 Å². The van der Waals surface area contributed by atoms with Gasteiger partial charge in [-0.1, -0.05) is 84.0 Å². The van der Waals surface area contributed by atoms with Crippen molar-refractivity contribution in [3.05, 3.63) is 5.21 Å². The summed E-state index contributed by atoms with van der Waals surface area (Å²) >= 11 is 0. The molecule has 0 bridgehead atoms. The Balaban J connectivity index is 3.35. The Morgan fingerprint density at radius 1 is 0.815 bits per heavy atom. The average Bonchev–Trinajstić information content (AvgIpc) is 2.65. The van der Waals surface area contributed by atoms with Gasteiger partial charge in [-0.2, -0.15) is 0 Å². The number of hydroxylamine groups is 2. The molecular weight excluding hydrogens is 340 g/mol. The van der Waals surface area contributed by atoms with Crippen molar-refractivity contribution in [2.45, 2.75) is 103 Å². The molecule has 0 aromatic carbocycles. The van der Waals surface area contributed by atoms with Crippen LogP contribution in [0.1, 0.15) is 103 Å². The lowest BCUT2D eigenvalue weighted by Gasteiger charge is -2.21. The molecule has 0 aliphatic rings. The summed E-state index contributed by atoms with van der Waals surface area (Å²) in [7, 11) is 1.91. The minimum Gasteiger partial charge on any atom is -0.627 e. The average molecular weight is 387 g/mol. The first-order chi connectivity index (χ1) is 13.1.